The van der Waals surface area contributed by atoms with Gasteiger partial charge >= 0.3 is 0 Å². The van der Waals surface area contributed by atoms with Crippen molar-refractivity contribution in [3.8, 4) is 5.75 Å². The van der Waals surface area contributed by atoms with Crippen molar-refractivity contribution in [2.45, 2.75) is 19.6 Å². The maximum atomic E-state index is 9.43. The molecular weight excluding hydrogens is 178 g/mol. The first-order valence-corrected chi connectivity index (χ1v) is 7.77. The lowest BCUT2D eigenvalue weighted by molar-refractivity contribution is 0.474. The third-order valence-electron chi connectivity index (χ3n) is 1.53. The first-order valence-electron chi connectivity index (χ1n) is 4.32. The second-order valence-corrected chi connectivity index (χ2v) is 8.59. The first-order chi connectivity index (χ1) is 5.99. The van der Waals surface area contributed by atoms with Crippen LogP contribution in [0.3, 0.4) is 0 Å². The van der Waals surface area contributed by atoms with Crippen molar-refractivity contribution < 1.29 is 5.11 Å². The largest absolute Gasteiger partial charge is 0.507 e. The Hall–Kier alpha value is -1.09. The predicted molar refractivity (Wildman–Crippen MR) is 59.0 cm³/mol. The summed E-state index contributed by atoms with van der Waals surface area (Å²) in [5.41, 5.74) is 0.796. The Bertz CT molecular complexity index is 315. The molecule has 1 aromatic carbocycles. The number of aromatic hydroxyl groups is 1. The molecule has 0 aliphatic heterocycles. The van der Waals surface area contributed by atoms with Gasteiger partial charge < -0.3 is 9.76 Å². The molecule has 70 valence electrons. The topological polar surface area (TPSA) is 32.6 Å². The molecule has 0 aliphatic rings. The molecule has 0 spiro atoms. The van der Waals surface area contributed by atoms with E-state index in [1.54, 1.807) is 18.3 Å². The molecule has 1 aromatic rings. The van der Waals surface area contributed by atoms with Crippen LogP contribution >= 0.6 is 0 Å². The van der Waals surface area contributed by atoms with Crippen molar-refractivity contribution in [1.29, 1.82) is 0 Å². The highest BCUT2D eigenvalue weighted by atomic mass is 28.3. The Morgan fingerprint density at radius 1 is 1.23 bits per heavy atom. The standard InChI is InChI=1S/C10H15NOSi/c1-13(2,3)11-8-9-6-4-5-7-10(9)12/h4-8,12H,1-3H3. The van der Waals surface area contributed by atoms with Gasteiger partial charge in [-0.05, 0) is 31.8 Å². The lowest BCUT2D eigenvalue weighted by Gasteiger charge is -2.07. The molecule has 0 unspecified atom stereocenters. The molecule has 0 saturated heterocycles. The van der Waals surface area contributed by atoms with Gasteiger partial charge in [-0.15, -0.1) is 0 Å². The van der Waals surface area contributed by atoms with E-state index in [0.29, 0.717) is 5.75 Å². The highest BCUT2D eigenvalue weighted by Crippen LogP contribution is 2.13. The molecule has 2 nitrogen and oxygen atoms in total. The van der Waals surface area contributed by atoms with Crippen LogP contribution in [0.15, 0.2) is 28.9 Å². The molecule has 0 atom stereocenters. The average molecular weight is 193 g/mol. The highest BCUT2D eigenvalue weighted by Gasteiger charge is 2.09. The summed E-state index contributed by atoms with van der Waals surface area (Å²) in [6, 6.07) is 7.23. The van der Waals surface area contributed by atoms with Crippen LogP contribution in [-0.2, 0) is 0 Å². The smallest absolute Gasteiger partial charge is 0.172 e. The fraction of sp³-hybridized carbons (Fsp3) is 0.300. The summed E-state index contributed by atoms with van der Waals surface area (Å²) in [4.78, 5) is 0. The van der Waals surface area contributed by atoms with Crippen molar-refractivity contribution in [1.82, 2.24) is 0 Å². The van der Waals surface area contributed by atoms with E-state index in [4.69, 9.17) is 0 Å². The zero-order valence-corrected chi connectivity index (χ0v) is 9.28. The molecule has 0 bridgehead atoms. The molecule has 0 heterocycles. The molecule has 0 fully saturated rings. The summed E-state index contributed by atoms with van der Waals surface area (Å²) in [6.07, 6.45) is 1.77. The summed E-state index contributed by atoms with van der Waals surface area (Å²) < 4.78 is 4.44. The summed E-state index contributed by atoms with van der Waals surface area (Å²) >= 11 is 0. The number of phenolic OH excluding ortho intramolecular Hbond substituents is 1. The van der Waals surface area contributed by atoms with Crippen molar-refractivity contribution in [2.75, 3.05) is 0 Å². The molecule has 13 heavy (non-hydrogen) atoms. The summed E-state index contributed by atoms with van der Waals surface area (Å²) in [6.45, 7) is 6.47. The summed E-state index contributed by atoms with van der Waals surface area (Å²) in [5, 5.41) is 9.43. The number of benzene rings is 1. The number of nitrogens with zero attached hydrogens (tertiary/aromatic N) is 1. The molecule has 0 aromatic heterocycles. The van der Waals surface area contributed by atoms with E-state index < -0.39 is 8.24 Å². The maximum Gasteiger partial charge on any atom is 0.172 e. The van der Waals surface area contributed by atoms with Gasteiger partial charge in [0.2, 0.25) is 0 Å². The van der Waals surface area contributed by atoms with Crippen LogP contribution in [0.4, 0.5) is 0 Å². The van der Waals surface area contributed by atoms with Crippen molar-refractivity contribution >= 4 is 14.5 Å². The van der Waals surface area contributed by atoms with Crippen LogP contribution in [0.25, 0.3) is 0 Å². The molecule has 0 radical (unpaired) electrons. The molecule has 0 saturated carbocycles. The summed E-state index contributed by atoms with van der Waals surface area (Å²) in [7, 11) is -1.40. The van der Waals surface area contributed by atoms with Gasteiger partial charge in [-0.2, -0.15) is 0 Å². The van der Waals surface area contributed by atoms with Gasteiger partial charge in [0.05, 0.1) is 0 Å². The minimum Gasteiger partial charge on any atom is -0.507 e. The van der Waals surface area contributed by atoms with Crippen LogP contribution in [-0.4, -0.2) is 19.6 Å². The van der Waals surface area contributed by atoms with Crippen LogP contribution in [0.1, 0.15) is 5.56 Å². The molecular formula is C10H15NOSi. The number of phenols is 1. The minimum absolute atomic E-state index is 0.296. The van der Waals surface area contributed by atoms with Crippen LogP contribution in [0.2, 0.25) is 19.6 Å². The predicted octanol–water partition coefficient (Wildman–Crippen LogP) is 2.65. The number of para-hydroxylation sites is 1. The zero-order chi connectivity index (χ0) is 9.90. The first kappa shape index (κ1) is 9.99. The SMILES string of the molecule is C[Si](C)(C)N=Cc1ccccc1O. The van der Waals surface area contributed by atoms with Crippen LogP contribution in [0, 0.1) is 0 Å². The molecule has 1 rings (SSSR count). The van der Waals surface area contributed by atoms with Crippen LogP contribution in [0.5, 0.6) is 5.75 Å². The van der Waals surface area contributed by atoms with Gasteiger partial charge in [0.15, 0.2) is 8.24 Å². The average Bonchev–Trinajstić information content (AvgIpc) is 2.01. The van der Waals surface area contributed by atoms with Crippen molar-refractivity contribution in [3.05, 3.63) is 29.8 Å². The Kier molecular flexibility index (Phi) is 2.88. The Labute approximate surface area is 80.0 Å². The lowest BCUT2D eigenvalue weighted by atomic mass is 10.2. The quantitative estimate of drug-likeness (QED) is 0.568. The van der Waals surface area contributed by atoms with E-state index >= 15 is 0 Å². The lowest BCUT2D eigenvalue weighted by Crippen LogP contribution is -2.16. The second kappa shape index (κ2) is 3.74. The highest BCUT2D eigenvalue weighted by molar-refractivity contribution is 6.75. The summed E-state index contributed by atoms with van der Waals surface area (Å²) in [5.74, 6) is 0.296. The van der Waals surface area contributed by atoms with Gasteiger partial charge in [0.1, 0.15) is 5.75 Å². The van der Waals surface area contributed by atoms with E-state index in [-0.39, 0.29) is 0 Å². The van der Waals surface area contributed by atoms with Crippen molar-refractivity contribution in [2.24, 2.45) is 4.66 Å². The Morgan fingerprint density at radius 3 is 2.38 bits per heavy atom. The Morgan fingerprint density at radius 2 is 1.85 bits per heavy atom. The van der Waals surface area contributed by atoms with Gasteiger partial charge in [-0.3, -0.25) is 0 Å². The number of rotatable bonds is 2. The fourth-order valence-electron chi connectivity index (χ4n) is 0.860. The van der Waals surface area contributed by atoms with E-state index in [2.05, 4.69) is 24.3 Å². The van der Waals surface area contributed by atoms with Gasteiger partial charge in [-0.25, -0.2) is 0 Å². The van der Waals surface area contributed by atoms with Gasteiger partial charge in [0, 0.05) is 11.8 Å². The Balaban J connectivity index is 2.86. The second-order valence-electron chi connectivity index (χ2n) is 3.99. The van der Waals surface area contributed by atoms with E-state index in [1.165, 1.54) is 0 Å². The number of hydrogen-bond donors (Lipinski definition) is 1. The van der Waals surface area contributed by atoms with Crippen molar-refractivity contribution in [3.63, 3.8) is 0 Å². The molecule has 1 N–H and O–H groups in total. The molecule has 0 amide bonds. The zero-order valence-electron chi connectivity index (χ0n) is 8.28. The van der Waals surface area contributed by atoms with E-state index in [1.807, 2.05) is 12.1 Å². The van der Waals surface area contributed by atoms with E-state index in [0.717, 1.165) is 5.56 Å². The normalized spacial score (nSPS) is 12.2. The molecule has 0 aliphatic carbocycles. The van der Waals surface area contributed by atoms with E-state index in [9.17, 15) is 5.11 Å². The minimum atomic E-state index is -1.40. The van der Waals surface area contributed by atoms with Crippen LogP contribution < -0.4 is 0 Å². The van der Waals surface area contributed by atoms with Gasteiger partial charge in [-0.1, -0.05) is 12.1 Å². The third-order valence-corrected chi connectivity index (χ3v) is 2.43. The maximum absolute atomic E-state index is 9.43. The monoisotopic (exact) mass is 193 g/mol. The van der Waals surface area contributed by atoms with Gasteiger partial charge in [0.25, 0.3) is 0 Å². The number of hydrogen-bond acceptors (Lipinski definition) is 2. The fourth-order valence-corrected chi connectivity index (χ4v) is 1.39. The third kappa shape index (κ3) is 3.42. The molecule has 3 heteroatoms.